The fraction of sp³-hybridized carbons (Fsp3) is 0.185. The summed E-state index contributed by atoms with van der Waals surface area (Å²) >= 11 is 6.94. The van der Waals surface area contributed by atoms with E-state index in [-0.39, 0.29) is 17.7 Å². The van der Waals surface area contributed by atoms with Crippen molar-refractivity contribution < 1.29 is 19.4 Å². The summed E-state index contributed by atoms with van der Waals surface area (Å²) < 4.78 is 14.2. The van der Waals surface area contributed by atoms with Crippen LogP contribution in [0.3, 0.4) is 0 Å². The van der Waals surface area contributed by atoms with Crippen molar-refractivity contribution in [2.45, 2.75) is 26.4 Å². The van der Waals surface area contributed by atoms with Gasteiger partial charge in [-0.05, 0) is 75.9 Å². The number of methoxy groups -OCH3 is 1. The second kappa shape index (κ2) is 11.7. The Labute approximate surface area is 229 Å². The lowest BCUT2D eigenvalue weighted by Gasteiger charge is -2.14. The number of hydrogen-bond acceptors (Lipinski definition) is 6. The highest BCUT2D eigenvalue weighted by Gasteiger charge is 2.14. The van der Waals surface area contributed by atoms with Crippen molar-refractivity contribution in [3.8, 4) is 11.5 Å². The largest absolute Gasteiger partial charge is 0.493 e. The number of fused-ring (bicyclic) bond motifs is 1. The molecular weight excluding hydrogens is 606 g/mol. The van der Waals surface area contributed by atoms with Gasteiger partial charge in [0.1, 0.15) is 12.4 Å². The molecule has 0 amide bonds. The van der Waals surface area contributed by atoms with Crippen LogP contribution in [-0.4, -0.2) is 34.1 Å². The normalized spacial score (nSPS) is 11.2. The second-order valence-corrected chi connectivity index (χ2v) is 9.90. The quantitative estimate of drug-likeness (QED) is 0.227. The summed E-state index contributed by atoms with van der Waals surface area (Å²) in [4.78, 5) is 29.1. The van der Waals surface area contributed by atoms with Crippen molar-refractivity contribution in [2.24, 2.45) is 5.10 Å². The molecule has 0 aliphatic heterocycles. The highest BCUT2D eigenvalue weighted by atomic mass is 79.9. The predicted octanol–water partition coefficient (Wildman–Crippen LogP) is 6.04. The molecule has 0 fully saturated rings. The molecule has 8 nitrogen and oxygen atoms in total. The van der Waals surface area contributed by atoms with Gasteiger partial charge in [-0.2, -0.15) is 9.78 Å². The van der Waals surface area contributed by atoms with Gasteiger partial charge in [0.25, 0.3) is 5.56 Å². The number of ether oxygens (including phenoxy) is 2. The molecule has 37 heavy (non-hydrogen) atoms. The van der Waals surface area contributed by atoms with E-state index >= 15 is 0 Å². The summed E-state index contributed by atoms with van der Waals surface area (Å²) in [6.07, 6.45) is 2.98. The monoisotopic (exact) mass is 627 g/mol. The minimum absolute atomic E-state index is 0.150. The van der Waals surface area contributed by atoms with Gasteiger partial charge in [-0.25, -0.2) is 9.78 Å². The molecule has 10 heteroatoms. The summed E-state index contributed by atoms with van der Waals surface area (Å²) in [5.41, 5.74) is 1.95. The zero-order valence-corrected chi connectivity index (χ0v) is 23.2. The van der Waals surface area contributed by atoms with Crippen molar-refractivity contribution in [1.82, 2.24) is 9.66 Å². The van der Waals surface area contributed by atoms with Gasteiger partial charge in [0.15, 0.2) is 11.5 Å². The number of benzene rings is 3. The predicted molar refractivity (Wildman–Crippen MR) is 149 cm³/mol. The van der Waals surface area contributed by atoms with E-state index in [0.29, 0.717) is 50.2 Å². The van der Waals surface area contributed by atoms with Crippen LogP contribution in [0.5, 0.6) is 11.5 Å². The summed E-state index contributed by atoms with van der Waals surface area (Å²) in [5.74, 6) is 0.487. The number of nitrogens with zero attached hydrogens (tertiary/aromatic N) is 3. The molecule has 0 saturated carbocycles. The molecule has 0 aliphatic carbocycles. The number of hydrogen-bond donors (Lipinski definition) is 1. The Bertz CT molecular complexity index is 1570. The molecule has 0 aliphatic rings. The average molecular weight is 629 g/mol. The Hall–Kier alpha value is -3.50. The number of carbonyl (C=O) groups is 1. The molecule has 0 radical (unpaired) electrons. The number of aryl methyl sites for hydroxylation is 1. The van der Waals surface area contributed by atoms with E-state index in [2.05, 4.69) is 41.9 Å². The van der Waals surface area contributed by atoms with Gasteiger partial charge in [0.05, 0.1) is 34.3 Å². The molecule has 4 aromatic rings. The number of aromatic carboxylic acids is 1. The van der Waals surface area contributed by atoms with E-state index in [4.69, 9.17) is 9.47 Å². The maximum Gasteiger partial charge on any atom is 0.335 e. The van der Waals surface area contributed by atoms with Gasteiger partial charge in [-0.3, -0.25) is 4.79 Å². The van der Waals surface area contributed by atoms with Gasteiger partial charge < -0.3 is 14.6 Å². The third-order valence-corrected chi connectivity index (χ3v) is 6.56. The van der Waals surface area contributed by atoms with E-state index in [9.17, 15) is 14.7 Å². The number of halogens is 2. The smallest absolute Gasteiger partial charge is 0.335 e. The molecule has 190 valence electrons. The molecule has 0 atom stereocenters. The minimum atomic E-state index is -1.00. The van der Waals surface area contributed by atoms with Crippen molar-refractivity contribution in [3.05, 3.63) is 96.4 Å². The number of aromatic nitrogens is 2. The SMILES string of the molecule is CCCc1nc2ccc(Br)cc2c(=O)n1N=Cc1cc(Br)c(OCc2cccc(C(=O)O)c2)c(OC)c1. The third-order valence-electron chi connectivity index (χ3n) is 5.48. The fourth-order valence-electron chi connectivity index (χ4n) is 3.73. The Morgan fingerprint density at radius 3 is 2.70 bits per heavy atom. The summed E-state index contributed by atoms with van der Waals surface area (Å²) in [7, 11) is 1.52. The lowest BCUT2D eigenvalue weighted by molar-refractivity contribution is 0.0696. The van der Waals surface area contributed by atoms with Crippen LogP contribution < -0.4 is 15.0 Å². The molecule has 0 spiro atoms. The van der Waals surface area contributed by atoms with E-state index in [1.807, 2.05) is 19.1 Å². The molecular formula is C27H23Br2N3O5. The molecule has 3 aromatic carbocycles. The van der Waals surface area contributed by atoms with Crippen LogP contribution in [-0.2, 0) is 13.0 Å². The lowest BCUT2D eigenvalue weighted by Crippen LogP contribution is -2.22. The number of rotatable bonds is 9. The first kappa shape index (κ1) is 26.6. The topological polar surface area (TPSA) is 103 Å². The lowest BCUT2D eigenvalue weighted by atomic mass is 10.1. The van der Waals surface area contributed by atoms with Crippen molar-refractivity contribution in [2.75, 3.05) is 7.11 Å². The zero-order chi connectivity index (χ0) is 26.5. The van der Waals surface area contributed by atoms with E-state index in [0.717, 1.165) is 10.9 Å². The van der Waals surface area contributed by atoms with Crippen molar-refractivity contribution >= 4 is 54.9 Å². The fourth-order valence-corrected chi connectivity index (χ4v) is 4.66. The highest BCUT2D eigenvalue weighted by Crippen LogP contribution is 2.37. The maximum absolute atomic E-state index is 13.2. The van der Waals surface area contributed by atoms with Crippen LogP contribution in [0.25, 0.3) is 10.9 Å². The van der Waals surface area contributed by atoms with Crippen LogP contribution in [0.1, 0.15) is 40.7 Å². The number of carboxylic acids is 1. The first-order valence-electron chi connectivity index (χ1n) is 11.4. The van der Waals surface area contributed by atoms with Crippen molar-refractivity contribution in [1.29, 1.82) is 0 Å². The van der Waals surface area contributed by atoms with Crippen LogP contribution in [0, 0.1) is 0 Å². The Morgan fingerprint density at radius 2 is 1.97 bits per heavy atom. The summed E-state index contributed by atoms with van der Waals surface area (Å²) in [5, 5.41) is 14.1. The standard InChI is InChI=1S/C27H23Br2N3O5/c1-3-5-24-31-22-9-8-19(28)13-20(22)26(33)32(24)30-14-17-11-21(29)25(23(12-17)36-2)37-15-16-6-4-7-18(10-16)27(34)35/h4,6-14H,3,5,15H2,1-2H3,(H,34,35). The molecule has 0 saturated heterocycles. The second-order valence-electron chi connectivity index (χ2n) is 8.13. The maximum atomic E-state index is 13.2. The van der Waals surface area contributed by atoms with Gasteiger partial charge in [-0.1, -0.05) is 35.0 Å². The van der Waals surface area contributed by atoms with Crippen LogP contribution in [0.2, 0.25) is 0 Å². The average Bonchev–Trinajstić information content (AvgIpc) is 2.88. The Kier molecular flexibility index (Phi) is 8.40. The van der Waals surface area contributed by atoms with Crippen LogP contribution in [0.4, 0.5) is 0 Å². The molecule has 1 N–H and O–H groups in total. The highest BCUT2D eigenvalue weighted by molar-refractivity contribution is 9.10. The zero-order valence-electron chi connectivity index (χ0n) is 20.1. The van der Waals surface area contributed by atoms with E-state index in [1.54, 1.807) is 42.6 Å². The molecule has 0 unspecified atom stereocenters. The van der Waals surface area contributed by atoms with E-state index in [1.165, 1.54) is 17.9 Å². The van der Waals surface area contributed by atoms with Crippen molar-refractivity contribution in [3.63, 3.8) is 0 Å². The number of carboxylic acid groups (broad SMARTS) is 1. The Morgan fingerprint density at radius 1 is 1.16 bits per heavy atom. The first-order valence-corrected chi connectivity index (χ1v) is 13.0. The molecule has 4 rings (SSSR count). The molecule has 1 aromatic heterocycles. The van der Waals surface area contributed by atoms with Crippen LogP contribution in [0.15, 0.2) is 73.4 Å². The van der Waals surface area contributed by atoms with E-state index < -0.39 is 5.97 Å². The third kappa shape index (κ3) is 6.08. The van der Waals surface area contributed by atoms with Gasteiger partial charge in [-0.15, -0.1) is 0 Å². The minimum Gasteiger partial charge on any atom is -0.493 e. The van der Waals surface area contributed by atoms with Gasteiger partial charge in [0.2, 0.25) is 0 Å². The first-order chi connectivity index (χ1) is 17.8. The molecule has 0 bridgehead atoms. The Balaban J connectivity index is 1.65. The molecule has 1 heterocycles. The summed E-state index contributed by atoms with van der Waals surface area (Å²) in [6, 6.07) is 15.5. The summed E-state index contributed by atoms with van der Waals surface area (Å²) in [6.45, 7) is 2.17. The van der Waals surface area contributed by atoms with Crippen LogP contribution >= 0.6 is 31.9 Å². The van der Waals surface area contributed by atoms with Gasteiger partial charge >= 0.3 is 5.97 Å². The van der Waals surface area contributed by atoms with Gasteiger partial charge in [0, 0.05) is 10.9 Å².